The van der Waals surface area contributed by atoms with E-state index in [0.717, 1.165) is 16.9 Å². The molecule has 3 aromatic rings. The highest BCUT2D eigenvalue weighted by molar-refractivity contribution is 8.00. The molecular weight excluding hydrogens is 366 g/mol. The number of amides is 1. The van der Waals surface area contributed by atoms with Crippen molar-refractivity contribution in [1.82, 2.24) is 20.2 Å². The molecule has 0 aliphatic carbocycles. The van der Waals surface area contributed by atoms with E-state index in [1.165, 1.54) is 16.4 Å². The maximum absolute atomic E-state index is 12.4. The SMILES string of the molecule is COc1ccc(CNC(=O)C(C)Sc2nnc(-c3ccoc3C)n2N)cc1. The number of ether oxygens (including phenoxy) is 1. The van der Waals surface area contributed by atoms with Gasteiger partial charge in [0.05, 0.1) is 24.2 Å². The number of methoxy groups -OCH3 is 1. The number of nitrogen functional groups attached to an aromatic ring is 1. The summed E-state index contributed by atoms with van der Waals surface area (Å²) in [7, 11) is 1.62. The average molecular weight is 387 g/mol. The van der Waals surface area contributed by atoms with Crippen molar-refractivity contribution in [2.45, 2.75) is 30.8 Å². The van der Waals surface area contributed by atoms with E-state index in [1.807, 2.05) is 31.2 Å². The molecule has 0 fully saturated rings. The molecule has 0 saturated heterocycles. The van der Waals surface area contributed by atoms with Crippen molar-refractivity contribution in [3.63, 3.8) is 0 Å². The number of carbonyl (C=O) groups excluding carboxylic acids is 1. The van der Waals surface area contributed by atoms with Gasteiger partial charge in [-0.15, -0.1) is 10.2 Å². The highest BCUT2D eigenvalue weighted by atomic mass is 32.2. The number of benzene rings is 1. The van der Waals surface area contributed by atoms with Crippen molar-refractivity contribution in [3.05, 3.63) is 47.9 Å². The molecule has 3 N–H and O–H groups in total. The second-order valence-electron chi connectivity index (χ2n) is 5.89. The van der Waals surface area contributed by atoms with E-state index in [4.69, 9.17) is 15.0 Å². The van der Waals surface area contributed by atoms with Crippen LogP contribution in [-0.2, 0) is 11.3 Å². The zero-order valence-electron chi connectivity index (χ0n) is 15.3. The monoisotopic (exact) mass is 387 g/mol. The molecule has 3 rings (SSSR count). The minimum absolute atomic E-state index is 0.111. The minimum atomic E-state index is -0.381. The highest BCUT2D eigenvalue weighted by Gasteiger charge is 2.21. The molecule has 9 heteroatoms. The summed E-state index contributed by atoms with van der Waals surface area (Å²) in [4.78, 5) is 12.4. The van der Waals surface area contributed by atoms with Gasteiger partial charge in [0.25, 0.3) is 0 Å². The van der Waals surface area contributed by atoms with Gasteiger partial charge < -0.3 is 20.3 Å². The zero-order chi connectivity index (χ0) is 19.4. The number of aryl methyl sites for hydroxylation is 1. The summed E-state index contributed by atoms with van der Waals surface area (Å²) in [6, 6.07) is 9.31. The smallest absolute Gasteiger partial charge is 0.233 e. The van der Waals surface area contributed by atoms with Gasteiger partial charge in [-0.2, -0.15) is 0 Å². The van der Waals surface area contributed by atoms with Gasteiger partial charge >= 0.3 is 0 Å². The fourth-order valence-corrected chi connectivity index (χ4v) is 3.24. The Morgan fingerprint density at radius 2 is 2.07 bits per heavy atom. The predicted octanol–water partition coefficient (Wildman–Crippen LogP) is 2.37. The van der Waals surface area contributed by atoms with Crippen molar-refractivity contribution in [1.29, 1.82) is 0 Å². The number of furan rings is 1. The van der Waals surface area contributed by atoms with Gasteiger partial charge in [-0.25, -0.2) is 4.68 Å². The van der Waals surface area contributed by atoms with Gasteiger partial charge in [-0.05, 0) is 37.6 Å². The molecule has 0 aliphatic rings. The molecule has 8 nitrogen and oxygen atoms in total. The first kappa shape index (κ1) is 18.8. The number of thioether (sulfide) groups is 1. The molecule has 142 valence electrons. The van der Waals surface area contributed by atoms with E-state index in [0.29, 0.717) is 23.3 Å². The van der Waals surface area contributed by atoms with Crippen molar-refractivity contribution >= 4 is 17.7 Å². The Labute approximate surface area is 161 Å². The van der Waals surface area contributed by atoms with Crippen molar-refractivity contribution in [2.24, 2.45) is 0 Å². The molecule has 0 saturated carbocycles. The first-order valence-corrected chi connectivity index (χ1v) is 9.19. The third kappa shape index (κ3) is 4.25. The van der Waals surface area contributed by atoms with Crippen LogP contribution in [0.2, 0.25) is 0 Å². The summed E-state index contributed by atoms with van der Waals surface area (Å²) < 4.78 is 11.8. The Kier molecular flexibility index (Phi) is 5.70. The zero-order valence-corrected chi connectivity index (χ0v) is 16.1. The lowest BCUT2D eigenvalue weighted by Gasteiger charge is -2.12. The van der Waals surface area contributed by atoms with Gasteiger partial charge in [0.1, 0.15) is 11.5 Å². The van der Waals surface area contributed by atoms with Crippen LogP contribution in [0.4, 0.5) is 0 Å². The number of rotatable bonds is 7. The summed E-state index contributed by atoms with van der Waals surface area (Å²) in [6.07, 6.45) is 1.57. The average Bonchev–Trinajstić information content (AvgIpc) is 3.25. The van der Waals surface area contributed by atoms with Crippen LogP contribution in [0.5, 0.6) is 5.75 Å². The fraction of sp³-hybridized carbons (Fsp3) is 0.278. The van der Waals surface area contributed by atoms with Crippen LogP contribution in [0.15, 0.2) is 46.2 Å². The first-order chi connectivity index (χ1) is 13.0. The third-order valence-corrected chi connectivity index (χ3v) is 5.10. The quantitative estimate of drug-likeness (QED) is 0.473. The lowest BCUT2D eigenvalue weighted by Crippen LogP contribution is -2.30. The van der Waals surface area contributed by atoms with E-state index in [-0.39, 0.29) is 11.2 Å². The molecule has 1 atom stereocenters. The van der Waals surface area contributed by atoms with Crippen LogP contribution >= 0.6 is 11.8 Å². The minimum Gasteiger partial charge on any atom is -0.497 e. The van der Waals surface area contributed by atoms with Crippen LogP contribution in [-0.4, -0.2) is 33.1 Å². The number of hydrogen-bond acceptors (Lipinski definition) is 7. The summed E-state index contributed by atoms with van der Waals surface area (Å²) >= 11 is 1.25. The lowest BCUT2D eigenvalue weighted by atomic mass is 10.2. The number of hydrogen-bond donors (Lipinski definition) is 2. The number of nitrogens with one attached hydrogen (secondary N) is 1. The maximum Gasteiger partial charge on any atom is 0.233 e. The van der Waals surface area contributed by atoms with Crippen LogP contribution < -0.4 is 15.9 Å². The molecule has 1 aromatic carbocycles. The molecule has 1 amide bonds. The van der Waals surface area contributed by atoms with E-state index >= 15 is 0 Å². The van der Waals surface area contributed by atoms with Crippen LogP contribution in [0.25, 0.3) is 11.4 Å². The van der Waals surface area contributed by atoms with Gasteiger partial charge in [-0.3, -0.25) is 4.79 Å². The second kappa shape index (κ2) is 8.17. The topological polar surface area (TPSA) is 108 Å². The summed E-state index contributed by atoms with van der Waals surface area (Å²) in [5, 5.41) is 11.2. The van der Waals surface area contributed by atoms with E-state index in [9.17, 15) is 4.79 Å². The Balaban J connectivity index is 1.59. The van der Waals surface area contributed by atoms with Crippen LogP contribution in [0.1, 0.15) is 18.2 Å². The fourth-order valence-electron chi connectivity index (χ4n) is 2.45. The van der Waals surface area contributed by atoms with Gasteiger partial charge in [0.15, 0.2) is 5.82 Å². The molecule has 0 aliphatic heterocycles. The van der Waals surface area contributed by atoms with Crippen molar-refractivity contribution in [3.8, 4) is 17.1 Å². The predicted molar refractivity (Wildman–Crippen MR) is 103 cm³/mol. The number of carbonyl (C=O) groups is 1. The first-order valence-electron chi connectivity index (χ1n) is 8.32. The van der Waals surface area contributed by atoms with Crippen molar-refractivity contribution in [2.75, 3.05) is 13.0 Å². The molecule has 2 heterocycles. The normalized spacial score (nSPS) is 12.0. The standard InChI is InChI=1S/C18H21N5O3S/c1-11-15(8-9-26-11)16-21-22-18(23(16)19)27-12(2)17(24)20-10-13-4-6-14(25-3)7-5-13/h4-9,12H,10,19H2,1-3H3,(H,20,24). The molecule has 27 heavy (non-hydrogen) atoms. The number of nitrogens with zero attached hydrogens (tertiary/aromatic N) is 3. The van der Waals surface area contributed by atoms with Crippen LogP contribution in [0, 0.1) is 6.92 Å². The third-order valence-electron chi connectivity index (χ3n) is 4.04. The molecule has 2 aromatic heterocycles. The molecule has 0 bridgehead atoms. The summed E-state index contributed by atoms with van der Waals surface area (Å²) in [5.41, 5.74) is 1.76. The Morgan fingerprint density at radius 3 is 2.70 bits per heavy atom. The molecule has 0 radical (unpaired) electrons. The lowest BCUT2D eigenvalue weighted by molar-refractivity contribution is -0.120. The number of nitrogens with two attached hydrogens (primary N) is 1. The van der Waals surface area contributed by atoms with E-state index in [2.05, 4.69) is 15.5 Å². The molecule has 0 spiro atoms. The Morgan fingerprint density at radius 1 is 1.33 bits per heavy atom. The van der Waals surface area contributed by atoms with E-state index < -0.39 is 0 Å². The maximum atomic E-state index is 12.4. The van der Waals surface area contributed by atoms with Gasteiger partial charge in [0, 0.05) is 6.54 Å². The number of aromatic nitrogens is 3. The summed E-state index contributed by atoms with van der Waals surface area (Å²) in [5.74, 6) is 7.96. The second-order valence-corrected chi connectivity index (χ2v) is 7.20. The van der Waals surface area contributed by atoms with E-state index in [1.54, 1.807) is 26.4 Å². The molecule has 1 unspecified atom stereocenters. The molecular formula is C18H21N5O3S. The van der Waals surface area contributed by atoms with Crippen LogP contribution in [0.3, 0.4) is 0 Å². The summed E-state index contributed by atoms with van der Waals surface area (Å²) in [6.45, 7) is 4.06. The van der Waals surface area contributed by atoms with Gasteiger partial charge in [-0.1, -0.05) is 23.9 Å². The van der Waals surface area contributed by atoms with Gasteiger partial charge in [0.2, 0.25) is 11.1 Å². The van der Waals surface area contributed by atoms with Crippen molar-refractivity contribution < 1.29 is 13.9 Å². The largest absolute Gasteiger partial charge is 0.497 e. The Hall–Kier alpha value is -2.94. The Bertz CT molecular complexity index is 919. The highest BCUT2D eigenvalue weighted by Crippen LogP contribution is 2.27.